The molecular weight excluding hydrogens is 214 g/mol. The van der Waals surface area contributed by atoms with Gasteiger partial charge < -0.3 is 16.4 Å². The maximum Gasteiger partial charge on any atom is 0.239 e. The molecule has 92 valence electrons. The maximum absolute atomic E-state index is 11.9. The lowest BCUT2D eigenvalue weighted by molar-refractivity contribution is -0.136. The molecule has 1 aromatic rings. The van der Waals surface area contributed by atoms with Crippen molar-refractivity contribution in [3.8, 4) is 0 Å². The molecule has 0 saturated carbocycles. The van der Waals surface area contributed by atoms with Crippen molar-refractivity contribution in [3.63, 3.8) is 0 Å². The number of carbonyl (C=O) groups is 1. The fourth-order valence-corrected chi connectivity index (χ4v) is 1.99. The zero-order valence-corrected chi connectivity index (χ0v) is 10.1. The predicted molar refractivity (Wildman–Crippen MR) is 67.4 cm³/mol. The Labute approximate surface area is 102 Å². The number of amides is 1. The van der Waals surface area contributed by atoms with Gasteiger partial charge in [0.2, 0.25) is 5.91 Å². The van der Waals surface area contributed by atoms with Gasteiger partial charge in [0.05, 0.1) is 6.04 Å². The second kappa shape index (κ2) is 4.85. The zero-order chi connectivity index (χ0) is 12.4. The topological polar surface area (TPSA) is 72.4 Å². The normalized spacial score (nSPS) is 17.7. The van der Waals surface area contributed by atoms with Crippen molar-refractivity contribution in [2.75, 3.05) is 13.1 Å². The molecule has 1 aliphatic rings. The lowest BCUT2D eigenvalue weighted by Gasteiger charge is -2.38. The minimum absolute atomic E-state index is 0.00674. The van der Waals surface area contributed by atoms with E-state index in [0.29, 0.717) is 19.5 Å². The number of hydrogen-bond donors (Lipinski definition) is 2. The monoisotopic (exact) mass is 233 g/mol. The fourth-order valence-electron chi connectivity index (χ4n) is 1.99. The summed E-state index contributed by atoms with van der Waals surface area (Å²) in [5.74, 6) is 0.00674. The molecule has 1 aliphatic heterocycles. The van der Waals surface area contributed by atoms with Gasteiger partial charge in [-0.3, -0.25) is 4.79 Å². The van der Waals surface area contributed by atoms with E-state index in [1.807, 2.05) is 31.2 Å². The standard InChI is InChI=1S/C13H19N3O/c1-9-2-4-10(5-3-9)6-12(15)13(17)16-7-11(14)8-16/h2-5,11-12H,6-8,14-15H2,1H3. The summed E-state index contributed by atoms with van der Waals surface area (Å²) in [5.41, 5.74) is 13.9. The summed E-state index contributed by atoms with van der Waals surface area (Å²) >= 11 is 0. The SMILES string of the molecule is Cc1ccc(CC(N)C(=O)N2CC(N)C2)cc1. The van der Waals surface area contributed by atoms with E-state index in [2.05, 4.69) is 0 Å². The van der Waals surface area contributed by atoms with Crippen LogP contribution in [0.2, 0.25) is 0 Å². The minimum Gasteiger partial charge on any atom is -0.338 e. The Morgan fingerprint density at radius 3 is 2.53 bits per heavy atom. The van der Waals surface area contributed by atoms with Gasteiger partial charge in [-0.25, -0.2) is 0 Å². The van der Waals surface area contributed by atoms with E-state index in [-0.39, 0.29) is 11.9 Å². The minimum atomic E-state index is -0.454. The molecule has 1 unspecified atom stereocenters. The van der Waals surface area contributed by atoms with Crippen molar-refractivity contribution in [3.05, 3.63) is 35.4 Å². The second-order valence-corrected chi connectivity index (χ2v) is 4.80. The zero-order valence-electron chi connectivity index (χ0n) is 10.1. The van der Waals surface area contributed by atoms with Gasteiger partial charge in [-0.1, -0.05) is 29.8 Å². The van der Waals surface area contributed by atoms with Crippen LogP contribution in [0.15, 0.2) is 24.3 Å². The highest BCUT2D eigenvalue weighted by Crippen LogP contribution is 2.10. The van der Waals surface area contributed by atoms with Crippen LogP contribution in [-0.2, 0) is 11.2 Å². The van der Waals surface area contributed by atoms with Crippen LogP contribution in [0.3, 0.4) is 0 Å². The quantitative estimate of drug-likeness (QED) is 0.774. The number of nitrogens with two attached hydrogens (primary N) is 2. The van der Waals surface area contributed by atoms with Crippen molar-refractivity contribution in [2.24, 2.45) is 11.5 Å². The Kier molecular flexibility index (Phi) is 3.45. The average Bonchev–Trinajstić information content (AvgIpc) is 2.27. The third-order valence-corrected chi connectivity index (χ3v) is 3.11. The van der Waals surface area contributed by atoms with Gasteiger partial charge in [0.15, 0.2) is 0 Å². The van der Waals surface area contributed by atoms with E-state index >= 15 is 0 Å². The molecule has 1 heterocycles. The molecule has 0 bridgehead atoms. The van der Waals surface area contributed by atoms with Crippen molar-refractivity contribution >= 4 is 5.91 Å². The van der Waals surface area contributed by atoms with Crippen LogP contribution >= 0.6 is 0 Å². The molecule has 1 fully saturated rings. The number of nitrogens with zero attached hydrogens (tertiary/aromatic N) is 1. The van der Waals surface area contributed by atoms with E-state index in [0.717, 1.165) is 5.56 Å². The Hall–Kier alpha value is -1.39. The first-order chi connectivity index (χ1) is 8.06. The Balaban J connectivity index is 1.90. The lowest BCUT2D eigenvalue weighted by atomic mass is 10.0. The number of rotatable bonds is 3. The molecule has 1 saturated heterocycles. The van der Waals surface area contributed by atoms with Gasteiger partial charge >= 0.3 is 0 Å². The highest BCUT2D eigenvalue weighted by atomic mass is 16.2. The first-order valence-electron chi connectivity index (χ1n) is 5.92. The van der Waals surface area contributed by atoms with Crippen LogP contribution < -0.4 is 11.5 Å². The highest BCUT2D eigenvalue weighted by Gasteiger charge is 2.30. The smallest absolute Gasteiger partial charge is 0.239 e. The summed E-state index contributed by atoms with van der Waals surface area (Å²) < 4.78 is 0. The Morgan fingerprint density at radius 1 is 1.41 bits per heavy atom. The van der Waals surface area contributed by atoms with Crippen LogP contribution in [0, 0.1) is 6.92 Å². The van der Waals surface area contributed by atoms with Gasteiger partial charge in [0, 0.05) is 19.1 Å². The van der Waals surface area contributed by atoms with Gasteiger partial charge in [0.25, 0.3) is 0 Å². The van der Waals surface area contributed by atoms with Gasteiger partial charge in [-0.05, 0) is 18.9 Å². The van der Waals surface area contributed by atoms with E-state index in [4.69, 9.17) is 11.5 Å². The summed E-state index contributed by atoms with van der Waals surface area (Å²) in [5, 5.41) is 0. The summed E-state index contributed by atoms with van der Waals surface area (Å²) in [4.78, 5) is 13.6. The molecule has 0 spiro atoms. The maximum atomic E-state index is 11.9. The Morgan fingerprint density at radius 2 is 2.00 bits per heavy atom. The van der Waals surface area contributed by atoms with Crippen LogP contribution in [0.4, 0.5) is 0 Å². The van der Waals surface area contributed by atoms with Crippen molar-refractivity contribution in [2.45, 2.75) is 25.4 Å². The predicted octanol–water partition coefficient (Wildman–Crippen LogP) is 0.0343. The summed E-state index contributed by atoms with van der Waals surface area (Å²) in [7, 11) is 0. The molecule has 17 heavy (non-hydrogen) atoms. The van der Waals surface area contributed by atoms with Gasteiger partial charge in [-0.2, -0.15) is 0 Å². The van der Waals surface area contributed by atoms with E-state index in [9.17, 15) is 4.79 Å². The molecule has 2 rings (SSSR count). The van der Waals surface area contributed by atoms with Gasteiger partial charge in [0.1, 0.15) is 0 Å². The first kappa shape index (κ1) is 12.1. The van der Waals surface area contributed by atoms with Crippen molar-refractivity contribution in [1.29, 1.82) is 0 Å². The summed E-state index contributed by atoms with van der Waals surface area (Å²) in [6, 6.07) is 7.78. The number of benzene rings is 1. The molecule has 0 radical (unpaired) electrons. The number of hydrogen-bond acceptors (Lipinski definition) is 3. The molecule has 4 nitrogen and oxygen atoms in total. The molecule has 1 amide bonds. The molecule has 0 aromatic heterocycles. The fraction of sp³-hybridized carbons (Fsp3) is 0.462. The second-order valence-electron chi connectivity index (χ2n) is 4.80. The molecule has 1 aromatic carbocycles. The highest BCUT2D eigenvalue weighted by molar-refractivity contribution is 5.82. The first-order valence-corrected chi connectivity index (χ1v) is 5.92. The van der Waals surface area contributed by atoms with Crippen LogP contribution in [0.5, 0.6) is 0 Å². The van der Waals surface area contributed by atoms with Crippen LogP contribution in [0.1, 0.15) is 11.1 Å². The lowest BCUT2D eigenvalue weighted by Crippen LogP contribution is -2.61. The summed E-state index contributed by atoms with van der Waals surface area (Å²) in [6.07, 6.45) is 0.588. The third-order valence-electron chi connectivity index (χ3n) is 3.11. The molecular formula is C13H19N3O. The van der Waals surface area contributed by atoms with E-state index in [1.54, 1.807) is 4.90 Å². The number of carbonyl (C=O) groups excluding carboxylic acids is 1. The molecule has 4 heteroatoms. The van der Waals surface area contributed by atoms with E-state index < -0.39 is 6.04 Å². The largest absolute Gasteiger partial charge is 0.338 e. The van der Waals surface area contributed by atoms with Crippen molar-refractivity contribution < 1.29 is 4.79 Å². The number of aryl methyl sites for hydroxylation is 1. The molecule has 1 atom stereocenters. The number of likely N-dealkylation sites (tertiary alicyclic amines) is 1. The van der Waals surface area contributed by atoms with Crippen LogP contribution in [0.25, 0.3) is 0 Å². The molecule has 0 aliphatic carbocycles. The third kappa shape index (κ3) is 2.84. The van der Waals surface area contributed by atoms with E-state index in [1.165, 1.54) is 5.56 Å². The molecule has 4 N–H and O–H groups in total. The van der Waals surface area contributed by atoms with Crippen molar-refractivity contribution in [1.82, 2.24) is 4.90 Å². The van der Waals surface area contributed by atoms with Gasteiger partial charge in [-0.15, -0.1) is 0 Å². The summed E-state index contributed by atoms with van der Waals surface area (Å²) in [6.45, 7) is 3.32. The Bertz CT molecular complexity index is 396. The van der Waals surface area contributed by atoms with Crippen LogP contribution in [-0.4, -0.2) is 36.0 Å². The average molecular weight is 233 g/mol.